The minimum atomic E-state index is -0.394. The van der Waals surface area contributed by atoms with Gasteiger partial charge in [0.1, 0.15) is 13.2 Å². The molecule has 1 aliphatic carbocycles. The predicted octanol–water partition coefficient (Wildman–Crippen LogP) is 2.46. The van der Waals surface area contributed by atoms with Crippen molar-refractivity contribution in [1.29, 1.82) is 5.26 Å². The van der Waals surface area contributed by atoms with Gasteiger partial charge in [0, 0.05) is 6.04 Å². The Hall–Kier alpha value is -1.73. The summed E-state index contributed by atoms with van der Waals surface area (Å²) in [4.78, 5) is 0. The maximum Gasteiger partial charge on any atom is 0.161 e. The monoisotopic (exact) mass is 258 g/mol. The van der Waals surface area contributed by atoms with Crippen LogP contribution in [0.5, 0.6) is 11.5 Å². The molecule has 19 heavy (non-hydrogen) atoms. The Balaban J connectivity index is 1.99. The lowest BCUT2D eigenvalue weighted by Gasteiger charge is -2.41. The summed E-state index contributed by atoms with van der Waals surface area (Å²) in [5.41, 5.74) is 8.04. The molecule has 1 aliphatic heterocycles. The minimum absolute atomic E-state index is 0.248. The first-order valence-corrected chi connectivity index (χ1v) is 6.73. The topological polar surface area (TPSA) is 68.3 Å². The van der Waals surface area contributed by atoms with Crippen LogP contribution in [-0.2, 0) is 0 Å². The number of nitriles is 1. The Labute approximate surface area is 113 Å². The van der Waals surface area contributed by atoms with E-state index in [0.29, 0.717) is 13.2 Å². The third-order valence-electron chi connectivity index (χ3n) is 4.33. The van der Waals surface area contributed by atoms with E-state index in [1.54, 1.807) is 0 Å². The first-order chi connectivity index (χ1) is 9.16. The van der Waals surface area contributed by atoms with Crippen molar-refractivity contribution in [2.75, 3.05) is 13.2 Å². The molecule has 3 rings (SSSR count). The van der Waals surface area contributed by atoms with Crippen LogP contribution in [0.4, 0.5) is 0 Å². The lowest BCUT2D eigenvalue weighted by atomic mass is 9.63. The summed E-state index contributed by atoms with van der Waals surface area (Å²) < 4.78 is 11.2. The Morgan fingerprint density at radius 3 is 2.42 bits per heavy atom. The largest absolute Gasteiger partial charge is 0.486 e. The summed E-state index contributed by atoms with van der Waals surface area (Å²) >= 11 is 0. The van der Waals surface area contributed by atoms with Crippen LogP contribution < -0.4 is 15.2 Å². The van der Waals surface area contributed by atoms with E-state index in [1.165, 1.54) is 0 Å². The van der Waals surface area contributed by atoms with Crippen molar-refractivity contribution >= 4 is 0 Å². The number of fused-ring (bicyclic) bond motifs is 1. The van der Waals surface area contributed by atoms with E-state index in [1.807, 2.05) is 19.1 Å². The average Bonchev–Trinajstić information content (AvgIpc) is 2.37. The van der Waals surface area contributed by atoms with Gasteiger partial charge in [-0.05, 0) is 43.0 Å². The van der Waals surface area contributed by atoms with Gasteiger partial charge >= 0.3 is 0 Å². The molecule has 1 saturated carbocycles. The highest BCUT2D eigenvalue weighted by atomic mass is 16.6. The summed E-state index contributed by atoms with van der Waals surface area (Å²) in [6, 6.07) is 6.09. The second-order valence-corrected chi connectivity index (χ2v) is 5.45. The van der Waals surface area contributed by atoms with Gasteiger partial charge in [0.05, 0.1) is 11.5 Å². The van der Waals surface area contributed by atoms with Gasteiger partial charge in [-0.2, -0.15) is 5.26 Å². The molecule has 0 bridgehead atoms. The Bertz CT molecular complexity index is 544. The fourth-order valence-electron chi connectivity index (χ4n) is 2.89. The number of hydrogen-bond donors (Lipinski definition) is 1. The van der Waals surface area contributed by atoms with Crippen molar-refractivity contribution < 1.29 is 9.47 Å². The van der Waals surface area contributed by atoms with Gasteiger partial charge in [0.25, 0.3) is 0 Å². The van der Waals surface area contributed by atoms with Gasteiger partial charge in [-0.3, -0.25) is 0 Å². The third-order valence-corrected chi connectivity index (χ3v) is 4.33. The van der Waals surface area contributed by atoms with Crippen molar-refractivity contribution in [3.05, 3.63) is 23.3 Å². The van der Waals surface area contributed by atoms with Gasteiger partial charge in [-0.25, -0.2) is 0 Å². The van der Waals surface area contributed by atoms with Crippen LogP contribution >= 0.6 is 0 Å². The van der Waals surface area contributed by atoms with E-state index < -0.39 is 5.41 Å². The molecule has 0 aromatic heterocycles. The lowest BCUT2D eigenvalue weighted by Crippen LogP contribution is -2.39. The standard InChI is InChI=1S/C15H18N2O2/c1-10-7-12-13(19-6-5-18-12)8-11(10)14(17)15(9-16)3-2-4-15/h7-8,14H,2-6,17H2,1H3. The molecule has 0 radical (unpaired) electrons. The van der Waals surface area contributed by atoms with Crippen molar-refractivity contribution in [3.63, 3.8) is 0 Å². The molecule has 1 unspecified atom stereocenters. The number of nitrogens with zero attached hydrogens (tertiary/aromatic N) is 1. The molecule has 4 nitrogen and oxygen atoms in total. The van der Waals surface area contributed by atoms with Crippen molar-refractivity contribution in [2.24, 2.45) is 11.1 Å². The first kappa shape index (κ1) is 12.3. The Kier molecular flexibility index (Phi) is 2.87. The molecule has 100 valence electrons. The second kappa shape index (κ2) is 4.43. The molecule has 0 spiro atoms. The molecule has 2 N–H and O–H groups in total. The molecule has 1 fully saturated rings. The number of hydrogen-bond acceptors (Lipinski definition) is 4. The molecular formula is C15H18N2O2. The summed E-state index contributed by atoms with van der Waals surface area (Å²) in [6.07, 6.45) is 2.86. The summed E-state index contributed by atoms with van der Waals surface area (Å²) in [7, 11) is 0. The van der Waals surface area contributed by atoms with Gasteiger partial charge < -0.3 is 15.2 Å². The molecule has 1 aromatic carbocycles. The fourth-order valence-corrected chi connectivity index (χ4v) is 2.89. The molecular weight excluding hydrogens is 240 g/mol. The van der Waals surface area contributed by atoms with Crippen molar-refractivity contribution in [1.82, 2.24) is 0 Å². The summed E-state index contributed by atoms with van der Waals surface area (Å²) in [5.74, 6) is 1.52. The zero-order valence-electron chi connectivity index (χ0n) is 11.1. The summed E-state index contributed by atoms with van der Waals surface area (Å²) in [6.45, 7) is 3.16. The molecule has 1 atom stereocenters. The molecule has 1 aromatic rings. The van der Waals surface area contributed by atoms with Crippen LogP contribution in [0.15, 0.2) is 12.1 Å². The van der Waals surface area contributed by atoms with Crippen LogP contribution in [0.2, 0.25) is 0 Å². The Morgan fingerprint density at radius 2 is 1.89 bits per heavy atom. The zero-order valence-corrected chi connectivity index (χ0v) is 11.1. The first-order valence-electron chi connectivity index (χ1n) is 6.73. The van der Waals surface area contributed by atoms with E-state index in [9.17, 15) is 5.26 Å². The smallest absolute Gasteiger partial charge is 0.161 e. The average molecular weight is 258 g/mol. The minimum Gasteiger partial charge on any atom is -0.486 e. The van der Waals surface area contributed by atoms with Gasteiger partial charge in [0.15, 0.2) is 11.5 Å². The number of rotatable bonds is 2. The third kappa shape index (κ3) is 1.85. The van der Waals surface area contributed by atoms with E-state index >= 15 is 0 Å². The van der Waals surface area contributed by atoms with Crippen LogP contribution in [0.3, 0.4) is 0 Å². The molecule has 2 aliphatic rings. The van der Waals surface area contributed by atoms with Crippen LogP contribution in [0.1, 0.15) is 36.4 Å². The molecule has 0 saturated heterocycles. The molecule has 4 heteroatoms. The fraction of sp³-hybridized carbons (Fsp3) is 0.533. The molecule has 1 heterocycles. The van der Waals surface area contributed by atoms with Gasteiger partial charge in [-0.1, -0.05) is 6.42 Å². The van der Waals surface area contributed by atoms with Gasteiger partial charge in [-0.15, -0.1) is 0 Å². The van der Waals surface area contributed by atoms with Crippen LogP contribution in [0, 0.1) is 23.7 Å². The van der Waals surface area contributed by atoms with Gasteiger partial charge in [0.2, 0.25) is 0 Å². The lowest BCUT2D eigenvalue weighted by molar-refractivity contribution is 0.162. The normalized spacial score (nSPS) is 21.1. The number of aryl methyl sites for hydroxylation is 1. The quantitative estimate of drug-likeness (QED) is 0.884. The summed E-state index contributed by atoms with van der Waals surface area (Å²) in [5, 5.41) is 9.41. The van der Waals surface area contributed by atoms with E-state index in [0.717, 1.165) is 41.9 Å². The molecule has 0 amide bonds. The maximum atomic E-state index is 9.41. The predicted molar refractivity (Wildman–Crippen MR) is 71.0 cm³/mol. The number of nitrogens with two attached hydrogens (primary N) is 1. The van der Waals surface area contributed by atoms with Crippen LogP contribution in [-0.4, -0.2) is 13.2 Å². The second-order valence-electron chi connectivity index (χ2n) is 5.45. The van der Waals surface area contributed by atoms with E-state index in [2.05, 4.69) is 6.07 Å². The number of benzene rings is 1. The van der Waals surface area contributed by atoms with E-state index in [4.69, 9.17) is 15.2 Å². The van der Waals surface area contributed by atoms with E-state index in [-0.39, 0.29) is 6.04 Å². The SMILES string of the molecule is Cc1cc2c(cc1C(N)C1(C#N)CCC1)OCCO2. The highest BCUT2D eigenvalue weighted by molar-refractivity contribution is 5.49. The zero-order chi connectivity index (χ0) is 13.5. The number of ether oxygens (including phenoxy) is 2. The Morgan fingerprint density at radius 1 is 1.26 bits per heavy atom. The highest BCUT2D eigenvalue weighted by Crippen LogP contribution is 2.50. The maximum absolute atomic E-state index is 9.41. The highest BCUT2D eigenvalue weighted by Gasteiger charge is 2.44. The van der Waals surface area contributed by atoms with Crippen molar-refractivity contribution in [2.45, 2.75) is 32.2 Å². The van der Waals surface area contributed by atoms with Crippen molar-refractivity contribution in [3.8, 4) is 17.6 Å². The van der Waals surface area contributed by atoms with Crippen LogP contribution in [0.25, 0.3) is 0 Å².